The van der Waals surface area contributed by atoms with Crippen LogP contribution < -0.4 is 5.73 Å². The van der Waals surface area contributed by atoms with Gasteiger partial charge in [-0.3, -0.25) is 4.90 Å². The van der Waals surface area contributed by atoms with Crippen LogP contribution in [0.3, 0.4) is 0 Å². The minimum atomic E-state index is -0.204. The number of hydrogen-bond donors (Lipinski definition) is 1. The van der Waals surface area contributed by atoms with Gasteiger partial charge in [0, 0.05) is 30.1 Å². The molecule has 3 nitrogen and oxygen atoms in total. The van der Waals surface area contributed by atoms with Gasteiger partial charge in [0.2, 0.25) is 0 Å². The summed E-state index contributed by atoms with van der Waals surface area (Å²) < 4.78 is 19.8. The molecule has 2 unspecified atom stereocenters. The maximum absolute atomic E-state index is 13.2. The van der Waals surface area contributed by atoms with Crippen molar-refractivity contribution in [2.75, 3.05) is 19.7 Å². The molecule has 0 radical (unpaired) electrons. The quantitative estimate of drug-likeness (QED) is 0.928. The van der Waals surface area contributed by atoms with Gasteiger partial charge in [0.05, 0.1) is 12.7 Å². The Labute approximate surface area is 115 Å². The van der Waals surface area contributed by atoms with Crippen LogP contribution >= 0.6 is 15.9 Å². The lowest BCUT2D eigenvalue weighted by Crippen LogP contribution is -2.49. The predicted molar refractivity (Wildman–Crippen MR) is 72.8 cm³/mol. The minimum Gasteiger partial charge on any atom is -0.374 e. The van der Waals surface area contributed by atoms with Crippen LogP contribution in [0, 0.1) is 5.82 Å². The van der Waals surface area contributed by atoms with E-state index in [2.05, 4.69) is 20.8 Å². The van der Waals surface area contributed by atoms with Crippen LogP contribution in [-0.2, 0) is 11.3 Å². The number of morpholine rings is 1. The molecule has 0 amide bonds. The van der Waals surface area contributed by atoms with Gasteiger partial charge >= 0.3 is 0 Å². The number of halogens is 2. The van der Waals surface area contributed by atoms with Crippen molar-refractivity contribution in [2.45, 2.75) is 25.6 Å². The maximum Gasteiger partial charge on any atom is 0.123 e. The van der Waals surface area contributed by atoms with Gasteiger partial charge in [-0.05, 0) is 30.7 Å². The Morgan fingerprint density at radius 1 is 1.61 bits per heavy atom. The van der Waals surface area contributed by atoms with E-state index in [4.69, 9.17) is 10.5 Å². The van der Waals surface area contributed by atoms with Crippen LogP contribution in [-0.4, -0.2) is 36.7 Å². The molecule has 5 heteroatoms. The lowest BCUT2D eigenvalue weighted by atomic mass is 10.1. The van der Waals surface area contributed by atoms with Gasteiger partial charge in [0.1, 0.15) is 5.82 Å². The molecule has 1 saturated heterocycles. The van der Waals surface area contributed by atoms with Crippen molar-refractivity contribution >= 4 is 15.9 Å². The molecule has 1 aliphatic heterocycles. The fourth-order valence-corrected chi connectivity index (χ4v) is 2.47. The van der Waals surface area contributed by atoms with Crippen LogP contribution in [0.15, 0.2) is 22.7 Å². The standard InChI is InChI=1S/C13H18BrFN2O/c1-9(16)13-8-17(4-5-18-13)7-10-6-11(15)2-3-12(10)14/h2-3,6,9,13H,4-5,7-8,16H2,1H3. The lowest BCUT2D eigenvalue weighted by molar-refractivity contribution is -0.0404. The van der Waals surface area contributed by atoms with Gasteiger partial charge in [-0.25, -0.2) is 4.39 Å². The summed E-state index contributed by atoms with van der Waals surface area (Å²) in [5.74, 6) is -0.204. The lowest BCUT2D eigenvalue weighted by Gasteiger charge is -2.34. The fourth-order valence-electron chi connectivity index (χ4n) is 2.10. The molecule has 1 fully saturated rings. The summed E-state index contributed by atoms with van der Waals surface area (Å²) in [6.45, 7) is 4.99. The molecular formula is C13H18BrFN2O. The second kappa shape index (κ2) is 6.10. The highest BCUT2D eigenvalue weighted by Gasteiger charge is 2.23. The first-order chi connectivity index (χ1) is 8.56. The molecule has 0 aliphatic carbocycles. The molecule has 0 spiro atoms. The molecule has 100 valence electrons. The summed E-state index contributed by atoms with van der Waals surface area (Å²) >= 11 is 3.45. The van der Waals surface area contributed by atoms with Crippen LogP contribution in [0.1, 0.15) is 12.5 Å². The molecule has 1 heterocycles. The average molecular weight is 317 g/mol. The van der Waals surface area contributed by atoms with Gasteiger partial charge in [0.15, 0.2) is 0 Å². The van der Waals surface area contributed by atoms with E-state index in [9.17, 15) is 4.39 Å². The van der Waals surface area contributed by atoms with E-state index in [1.165, 1.54) is 6.07 Å². The van der Waals surface area contributed by atoms with Crippen molar-refractivity contribution in [3.63, 3.8) is 0 Å². The number of nitrogens with two attached hydrogens (primary N) is 1. The van der Waals surface area contributed by atoms with Crippen molar-refractivity contribution in [3.05, 3.63) is 34.1 Å². The van der Waals surface area contributed by atoms with Crippen LogP contribution in [0.4, 0.5) is 4.39 Å². The van der Waals surface area contributed by atoms with Gasteiger partial charge in [-0.2, -0.15) is 0 Å². The van der Waals surface area contributed by atoms with Gasteiger partial charge in [0.25, 0.3) is 0 Å². The van der Waals surface area contributed by atoms with E-state index >= 15 is 0 Å². The van der Waals surface area contributed by atoms with Crippen molar-refractivity contribution in [3.8, 4) is 0 Å². The predicted octanol–water partition coefficient (Wildman–Crippen LogP) is 2.14. The van der Waals surface area contributed by atoms with Crippen LogP contribution in [0.5, 0.6) is 0 Å². The summed E-state index contributed by atoms with van der Waals surface area (Å²) in [4.78, 5) is 2.25. The smallest absolute Gasteiger partial charge is 0.123 e. The van der Waals surface area contributed by atoms with Crippen molar-refractivity contribution in [1.29, 1.82) is 0 Å². The third-order valence-electron chi connectivity index (χ3n) is 3.17. The Balaban J connectivity index is 2.02. The largest absolute Gasteiger partial charge is 0.374 e. The zero-order valence-corrected chi connectivity index (χ0v) is 12.0. The summed E-state index contributed by atoms with van der Waals surface area (Å²) in [5.41, 5.74) is 6.81. The van der Waals surface area contributed by atoms with E-state index in [1.54, 1.807) is 12.1 Å². The highest BCUT2D eigenvalue weighted by atomic mass is 79.9. The topological polar surface area (TPSA) is 38.5 Å². The Morgan fingerprint density at radius 3 is 3.11 bits per heavy atom. The highest BCUT2D eigenvalue weighted by Crippen LogP contribution is 2.21. The van der Waals surface area contributed by atoms with Crippen LogP contribution in [0.25, 0.3) is 0 Å². The Morgan fingerprint density at radius 2 is 2.39 bits per heavy atom. The second-order valence-electron chi connectivity index (χ2n) is 4.74. The van der Waals surface area contributed by atoms with Crippen molar-refractivity contribution in [2.24, 2.45) is 5.73 Å². The van der Waals surface area contributed by atoms with E-state index < -0.39 is 0 Å². The number of rotatable bonds is 3. The zero-order chi connectivity index (χ0) is 13.1. The number of hydrogen-bond acceptors (Lipinski definition) is 3. The first-order valence-electron chi connectivity index (χ1n) is 6.09. The Hall–Kier alpha value is -0.490. The SMILES string of the molecule is CC(N)C1CN(Cc2cc(F)ccc2Br)CCO1. The number of nitrogens with zero attached hydrogens (tertiary/aromatic N) is 1. The number of ether oxygens (including phenoxy) is 1. The van der Waals surface area contributed by atoms with E-state index in [0.29, 0.717) is 13.2 Å². The summed E-state index contributed by atoms with van der Waals surface area (Å²) in [6, 6.07) is 4.79. The Kier molecular flexibility index (Phi) is 4.72. The molecule has 2 atom stereocenters. The molecule has 2 N–H and O–H groups in total. The third kappa shape index (κ3) is 3.51. The zero-order valence-electron chi connectivity index (χ0n) is 10.4. The van der Waals surface area contributed by atoms with E-state index in [-0.39, 0.29) is 18.0 Å². The highest BCUT2D eigenvalue weighted by molar-refractivity contribution is 9.10. The van der Waals surface area contributed by atoms with Crippen LogP contribution in [0.2, 0.25) is 0 Å². The fraction of sp³-hybridized carbons (Fsp3) is 0.538. The molecule has 1 aromatic rings. The molecule has 0 saturated carbocycles. The molecule has 0 aromatic heterocycles. The van der Waals surface area contributed by atoms with E-state index in [1.807, 2.05) is 6.92 Å². The first kappa shape index (κ1) is 13.9. The van der Waals surface area contributed by atoms with E-state index in [0.717, 1.165) is 23.1 Å². The van der Waals surface area contributed by atoms with Gasteiger partial charge in [-0.15, -0.1) is 0 Å². The first-order valence-corrected chi connectivity index (χ1v) is 6.89. The normalized spacial score (nSPS) is 23.0. The van der Waals surface area contributed by atoms with Gasteiger partial charge in [-0.1, -0.05) is 15.9 Å². The molecule has 1 aromatic carbocycles. The summed E-state index contributed by atoms with van der Waals surface area (Å²) in [7, 11) is 0. The van der Waals surface area contributed by atoms with Crippen molar-refractivity contribution in [1.82, 2.24) is 4.90 Å². The molecular weight excluding hydrogens is 299 g/mol. The summed E-state index contributed by atoms with van der Waals surface area (Å²) in [6.07, 6.45) is 0.0612. The molecule has 1 aliphatic rings. The molecule has 2 rings (SSSR count). The monoisotopic (exact) mass is 316 g/mol. The molecule has 18 heavy (non-hydrogen) atoms. The third-order valence-corrected chi connectivity index (χ3v) is 3.94. The van der Waals surface area contributed by atoms with Gasteiger partial charge < -0.3 is 10.5 Å². The maximum atomic E-state index is 13.2. The minimum absolute atomic E-state index is 0.0174. The second-order valence-corrected chi connectivity index (χ2v) is 5.59. The Bertz CT molecular complexity index is 414. The number of benzene rings is 1. The summed E-state index contributed by atoms with van der Waals surface area (Å²) in [5, 5.41) is 0. The molecule has 0 bridgehead atoms. The van der Waals surface area contributed by atoms with Crippen molar-refractivity contribution < 1.29 is 9.13 Å². The average Bonchev–Trinajstić information content (AvgIpc) is 2.34.